The quantitative estimate of drug-likeness (QED) is 0.712. The minimum Gasteiger partial charge on any atom is -0.495 e. The van der Waals surface area contributed by atoms with Gasteiger partial charge in [-0.05, 0) is 30.7 Å². The van der Waals surface area contributed by atoms with E-state index in [1.54, 1.807) is 30.3 Å². The molecule has 2 aromatic carbocycles. The maximum absolute atomic E-state index is 12.2. The van der Waals surface area contributed by atoms with Crippen molar-refractivity contribution in [2.24, 2.45) is 0 Å². The van der Waals surface area contributed by atoms with E-state index in [0.717, 1.165) is 5.56 Å². The highest BCUT2D eigenvalue weighted by molar-refractivity contribution is 6.39. The number of aryl methyl sites for hydroxylation is 1. The van der Waals surface area contributed by atoms with Crippen LogP contribution in [0.3, 0.4) is 0 Å². The molecule has 0 spiro atoms. The van der Waals surface area contributed by atoms with E-state index < -0.39 is 17.4 Å². The number of nitrogens with one attached hydrogen (secondary N) is 2. The van der Waals surface area contributed by atoms with E-state index in [1.807, 2.05) is 19.1 Å². The van der Waals surface area contributed by atoms with Gasteiger partial charge in [0, 0.05) is 12.0 Å². The lowest BCUT2D eigenvalue weighted by Gasteiger charge is -2.34. The molecule has 1 atom stereocenters. The van der Waals surface area contributed by atoms with Crippen LogP contribution in [-0.4, -0.2) is 37.2 Å². The Bertz CT molecular complexity index is 867. The smallest absolute Gasteiger partial charge is 0.313 e. The average Bonchev–Trinajstić information content (AvgIpc) is 2.67. The van der Waals surface area contributed by atoms with E-state index in [-0.39, 0.29) is 6.54 Å². The van der Waals surface area contributed by atoms with E-state index in [4.69, 9.17) is 9.47 Å². The van der Waals surface area contributed by atoms with E-state index in [0.29, 0.717) is 35.8 Å². The number of carbonyl (C=O) groups is 2. The van der Waals surface area contributed by atoms with Crippen LogP contribution in [0.15, 0.2) is 42.5 Å². The zero-order valence-electron chi connectivity index (χ0n) is 15.2. The molecule has 1 aliphatic rings. The Labute approximate surface area is 157 Å². The molecular weight excluding hydrogens is 348 g/mol. The molecule has 7 nitrogen and oxygen atoms in total. The van der Waals surface area contributed by atoms with Crippen molar-refractivity contribution >= 4 is 17.5 Å². The van der Waals surface area contributed by atoms with Crippen molar-refractivity contribution in [3.05, 3.63) is 53.6 Å². The van der Waals surface area contributed by atoms with Gasteiger partial charge in [0.25, 0.3) is 0 Å². The lowest BCUT2D eigenvalue weighted by Crippen LogP contribution is -2.46. The van der Waals surface area contributed by atoms with E-state index in [2.05, 4.69) is 10.6 Å². The standard InChI is InChI=1S/C20H22N2O5/c1-13-7-8-17(26-2)15(11-13)22-19(24)18(23)21-12-20(25)9-10-27-16-6-4-3-5-14(16)20/h3-8,11,25H,9-10,12H2,1-2H3,(H,21,23)(H,22,24). The number of hydrogen-bond donors (Lipinski definition) is 3. The number of para-hydroxylation sites is 1. The van der Waals surface area contributed by atoms with Crippen molar-refractivity contribution in [2.45, 2.75) is 18.9 Å². The number of hydrogen-bond acceptors (Lipinski definition) is 5. The van der Waals surface area contributed by atoms with Gasteiger partial charge in [0.1, 0.15) is 17.1 Å². The van der Waals surface area contributed by atoms with Gasteiger partial charge in [-0.2, -0.15) is 0 Å². The van der Waals surface area contributed by atoms with Gasteiger partial charge >= 0.3 is 11.8 Å². The van der Waals surface area contributed by atoms with Crippen molar-refractivity contribution in [3.8, 4) is 11.5 Å². The van der Waals surface area contributed by atoms with Crippen molar-refractivity contribution < 1.29 is 24.2 Å². The summed E-state index contributed by atoms with van der Waals surface area (Å²) in [6.45, 7) is 2.11. The van der Waals surface area contributed by atoms with Crippen molar-refractivity contribution in [1.82, 2.24) is 5.32 Å². The highest BCUT2D eigenvalue weighted by Crippen LogP contribution is 2.36. The number of anilines is 1. The van der Waals surface area contributed by atoms with Crippen LogP contribution in [-0.2, 0) is 15.2 Å². The molecule has 0 aromatic heterocycles. The molecule has 0 bridgehead atoms. The third-order valence-corrected chi connectivity index (χ3v) is 4.51. The van der Waals surface area contributed by atoms with Crippen LogP contribution in [0, 0.1) is 6.92 Å². The summed E-state index contributed by atoms with van der Waals surface area (Å²) in [7, 11) is 1.48. The number of methoxy groups -OCH3 is 1. The number of carbonyl (C=O) groups excluding carboxylic acids is 2. The van der Waals surface area contributed by atoms with Crippen molar-refractivity contribution in [1.29, 1.82) is 0 Å². The molecule has 2 aromatic rings. The first-order valence-electron chi connectivity index (χ1n) is 8.61. The second kappa shape index (κ2) is 7.67. The van der Waals surface area contributed by atoms with E-state index in [1.165, 1.54) is 7.11 Å². The summed E-state index contributed by atoms with van der Waals surface area (Å²) in [5, 5.41) is 16.0. The molecule has 0 saturated carbocycles. The van der Waals surface area contributed by atoms with Gasteiger partial charge in [0.2, 0.25) is 0 Å². The Morgan fingerprint density at radius 3 is 2.78 bits per heavy atom. The predicted molar refractivity (Wildman–Crippen MR) is 99.8 cm³/mol. The lowest BCUT2D eigenvalue weighted by molar-refractivity contribution is -0.137. The topological polar surface area (TPSA) is 96.9 Å². The van der Waals surface area contributed by atoms with Gasteiger partial charge < -0.3 is 25.2 Å². The number of aliphatic hydroxyl groups is 1. The van der Waals surface area contributed by atoms with Gasteiger partial charge in [-0.3, -0.25) is 9.59 Å². The first-order valence-corrected chi connectivity index (χ1v) is 8.61. The Kier molecular flexibility index (Phi) is 5.32. The van der Waals surface area contributed by atoms with Crippen molar-refractivity contribution in [3.63, 3.8) is 0 Å². The number of ether oxygens (including phenoxy) is 2. The normalized spacial score (nSPS) is 18.0. The number of amides is 2. The molecule has 0 radical (unpaired) electrons. The predicted octanol–water partition coefficient (Wildman–Crippen LogP) is 1.73. The molecule has 2 amide bonds. The van der Waals surface area contributed by atoms with Crippen LogP contribution in [0.1, 0.15) is 17.5 Å². The third kappa shape index (κ3) is 4.03. The van der Waals surface area contributed by atoms with Crippen LogP contribution < -0.4 is 20.1 Å². The lowest BCUT2D eigenvalue weighted by atomic mass is 9.88. The van der Waals surface area contributed by atoms with E-state index >= 15 is 0 Å². The molecule has 142 valence electrons. The first-order chi connectivity index (χ1) is 12.9. The minimum atomic E-state index is -1.29. The molecule has 3 rings (SSSR count). The number of rotatable bonds is 4. The summed E-state index contributed by atoms with van der Waals surface area (Å²) >= 11 is 0. The molecule has 27 heavy (non-hydrogen) atoms. The zero-order valence-corrected chi connectivity index (χ0v) is 15.2. The van der Waals surface area contributed by atoms with E-state index in [9.17, 15) is 14.7 Å². The van der Waals surface area contributed by atoms with Gasteiger partial charge in [-0.25, -0.2) is 0 Å². The second-order valence-electron chi connectivity index (χ2n) is 6.47. The molecule has 1 unspecified atom stereocenters. The summed E-state index contributed by atoms with van der Waals surface area (Å²) in [5.41, 5.74) is 0.635. The minimum absolute atomic E-state index is 0.0927. The first kappa shape index (κ1) is 18.7. The van der Waals surface area contributed by atoms with Gasteiger partial charge in [0.15, 0.2) is 0 Å². The molecule has 1 aliphatic heterocycles. The highest BCUT2D eigenvalue weighted by atomic mass is 16.5. The summed E-state index contributed by atoms with van der Waals surface area (Å²) in [6, 6.07) is 12.4. The Hall–Kier alpha value is -3.06. The van der Waals surface area contributed by atoms with Crippen LogP contribution in [0.4, 0.5) is 5.69 Å². The summed E-state index contributed by atoms with van der Waals surface area (Å²) in [4.78, 5) is 24.5. The molecule has 0 fully saturated rings. The molecule has 0 saturated heterocycles. The monoisotopic (exact) mass is 370 g/mol. The maximum atomic E-state index is 12.2. The average molecular weight is 370 g/mol. The highest BCUT2D eigenvalue weighted by Gasteiger charge is 2.36. The molecule has 0 aliphatic carbocycles. The number of benzene rings is 2. The van der Waals surface area contributed by atoms with Gasteiger partial charge in [0.05, 0.1) is 25.9 Å². The summed E-state index contributed by atoms with van der Waals surface area (Å²) < 4.78 is 10.7. The van der Waals surface area contributed by atoms with Crippen LogP contribution >= 0.6 is 0 Å². The Balaban J connectivity index is 1.66. The molecule has 7 heteroatoms. The van der Waals surface area contributed by atoms with Gasteiger partial charge in [-0.15, -0.1) is 0 Å². The molecular formula is C20H22N2O5. The Morgan fingerprint density at radius 1 is 1.22 bits per heavy atom. The SMILES string of the molecule is COc1ccc(C)cc1NC(=O)C(=O)NCC1(O)CCOc2ccccc21. The largest absolute Gasteiger partial charge is 0.495 e. The third-order valence-electron chi connectivity index (χ3n) is 4.51. The number of fused-ring (bicyclic) bond motifs is 1. The second-order valence-corrected chi connectivity index (χ2v) is 6.47. The molecule has 3 N–H and O–H groups in total. The molecule has 1 heterocycles. The van der Waals surface area contributed by atoms with Crippen LogP contribution in [0.5, 0.6) is 11.5 Å². The van der Waals surface area contributed by atoms with Gasteiger partial charge in [-0.1, -0.05) is 24.3 Å². The van der Waals surface area contributed by atoms with Crippen LogP contribution in [0.2, 0.25) is 0 Å². The van der Waals surface area contributed by atoms with Crippen molar-refractivity contribution in [2.75, 3.05) is 25.6 Å². The summed E-state index contributed by atoms with van der Waals surface area (Å²) in [5.74, 6) is -0.632. The maximum Gasteiger partial charge on any atom is 0.313 e. The fourth-order valence-corrected chi connectivity index (χ4v) is 3.03. The fraction of sp³-hybridized carbons (Fsp3) is 0.300. The van der Waals surface area contributed by atoms with Crippen LogP contribution in [0.25, 0.3) is 0 Å². The zero-order chi connectivity index (χ0) is 19.4. The Morgan fingerprint density at radius 2 is 2.00 bits per heavy atom. The fourth-order valence-electron chi connectivity index (χ4n) is 3.03. The summed E-state index contributed by atoms with van der Waals surface area (Å²) in [6.07, 6.45) is 0.317.